The van der Waals surface area contributed by atoms with Crippen molar-refractivity contribution in [2.45, 2.75) is 50.5 Å². The molecule has 0 aromatic carbocycles. The largest absolute Gasteiger partial charge is 0.443 e. The molecule has 1 saturated carbocycles. The van der Waals surface area contributed by atoms with Gasteiger partial charge in [0.25, 0.3) is 0 Å². The van der Waals surface area contributed by atoms with Gasteiger partial charge >= 0.3 is 6.09 Å². The quantitative estimate of drug-likeness (QED) is 0.801. The molecule has 1 amide bonds. The van der Waals surface area contributed by atoms with Gasteiger partial charge in [-0.1, -0.05) is 6.42 Å². The first kappa shape index (κ1) is 11.7. The molecule has 1 spiro atoms. The minimum atomic E-state index is -0.179. The molecule has 92 valence electrons. The summed E-state index contributed by atoms with van der Waals surface area (Å²) in [5.41, 5.74) is -0.148. The Labute approximate surface area is 96.6 Å². The number of aliphatic hydroxyl groups is 1. The Hall–Kier alpha value is -0.770. The average molecular weight is 227 g/mol. The van der Waals surface area contributed by atoms with Crippen molar-refractivity contribution in [3.05, 3.63) is 0 Å². The Balaban J connectivity index is 1.88. The summed E-state index contributed by atoms with van der Waals surface area (Å²) in [5, 5.41) is 8.75. The van der Waals surface area contributed by atoms with Gasteiger partial charge in [-0.25, -0.2) is 4.79 Å². The lowest BCUT2D eigenvalue weighted by molar-refractivity contribution is -0.0690. The Kier molecular flexibility index (Phi) is 3.69. The van der Waals surface area contributed by atoms with Crippen LogP contribution in [0.25, 0.3) is 0 Å². The van der Waals surface area contributed by atoms with Crippen molar-refractivity contribution in [2.24, 2.45) is 0 Å². The summed E-state index contributed by atoms with van der Waals surface area (Å²) in [4.78, 5) is 13.5. The van der Waals surface area contributed by atoms with Crippen molar-refractivity contribution in [3.8, 4) is 0 Å². The normalized spacial score (nSPS) is 24.6. The van der Waals surface area contributed by atoms with Gasteiger partial charge in [-0.2, -0.15) is 0 Å². The summed E-state index contributed by atoms with van der Waals surface area (Å²) in [5.74, 6) is 0. The number of ether oxygens (including phenoxy) is 1. The molecular weight excluding hydrogens is 206 g/mol. The summed E-state index contributed by atoms with van der Waals surface area (Å²) in [7, 11) is 0. The van der Waals surface area contributed by atoms with Gasteiger partial charge in [-0.15, -0.1) is 0 Å². The highest BCUT2D eigenvalue weighted by atomic mass is 16.6. The lowest BCUT2D eigenvalue weighted by atomic mass is 9.81. The topological polar surface area (TPSA) is 49.8 Å². The lowest BCUT2D eigenvalue weighted by Gasteiger charge is -2.43. The number of carbonyl (C=O) groups excluding carboxylic acids is 1. The van der Waals surface area contributed by atoms with E-state index < -0.39 is 0 Å². The zero-order chi connectivity index (χ0) is 11.4. The Bertz CT molecular complexity index is 249. The molecule has 0 atom stereocenters. The molecule has 2 fully saturated rings. The molecule has 0 aromatic rings. The number of hydrogen-bond acceptors (Lipinski definition) is 3. The van der Waals surface area contributed by atoms with E-state index >= 15 is 0 Å². The summed E-state index contributed by atoms with van der Waals surface area (Å²) < 4.78 is 5.63. The molecular formula is C12H21NO3. The van der Waals surface area contributed by atoms with Crippen molar-refractivity contribution in [1.82, 2.24) is 4.90 Å². The monoisotopic (exact) mass is 227 g/mol. The average Bonchev–Trinajstić information content (AvgIpc) is 2.29. The van der Waals surface area contributed by atoms with Crippen LogP contribution in [0.15, 0.2) is 0 Å². The van der Waals surface area contributed by atoms with Crippen LogP contribution < -0.4 is 0 Å². The summed E-state index contributed by atoms with van der Waals surface area (Å²) >= 11 is 0. The van der Waals surface area contributed by atoms with Gasteiger partial charge in [0.15, 0.2) is 0 Å². The maximum Gasteiger partial charge on any atom is 0.410 e. The minimum Gasteiger partial charge on any atom is -0.443 e. The molecule has 1 N–H and O–H groups in total. The summed E-state index contributed by atoms with van der Waals surface area (Å²) in [6.07, 6.45) is 7.13. The third-order valence-corrected chi connectivity index (χ3v) is 3.75. The molecule has 1 saturated heterocycles. The van der Waals surface area contributed by atoms with Crippen LogP contribution in [0.2, 0.25) is 0 Å². The van der Waals surface area contributed by atoms with Crippen molar-refractivity contribution < 1.29 is 14.6 Å². The van der Waals surface area contributed by atoms with E-state index in [2.05, 4.69) is 0 Å². The molecule has 4 nitrogen and oxygen atoms in total. The van der Waals surface area contributed by atoms with Gasteiger partial charge in [-0.05, 0) is 32.1 Å². The molecule has 0 radical (unpaired) electrons. The van der Waals surface area contributed by atoms with E-state index in [0.29, 0.717) is 13.0 Å². The van der Waals surface area contributed by atoms with E-state index in [9.17, 15) is 4.79 Å². The highest BCUT2D eigenvalue weighted by molar-refractivity contribution is 5.69. The highest BCUT2D eigenvalue weighted by Gasteiger charge is 2.40. The highest BCUT2D eigenvalue weighted by Crippen LogP contribution is 2.37. The standard InChI is InChI=1S/C12H21NO3/c14-10-4-8-13-9-7-12(16-11(13)15)5-2-1-3-6-12/h14H,1-10H2. The second-order valence-corrected chi connectivity index (χ2v) is 4.93. The zero-order valence-corrected chi connectivity index (χ0v) is 9.78. The summed E-state index contributed by atoms with van der Waals surface area (Å²) in [6.45, 7) is 1.54. The SMILES string of the molecule is O=C1OC2(CCCCC2)CCN1CCCO. The Morgan fingerprint density at radius 2 is 2.00 bits per heavy atom. The third-order valence-electron chi connectivity index (χ3n) is 3.75. The summed E-state index contributed by atoms with van der Waals surface area (Å²) in [6, 6.07) is 0. The van der Waals surface area contributed by atoms with Gasteiger partial charge in [-0.3, -0.25) is 0 Å². The minimum absolute atomic E-state index is 0.134. The number of nitrogens with zero attached hydrogens (tertiary/aromatic N) is 1. The Morgan fingerprint density at radius 1 is 1.25 bits per heavy atom. The van der Waals surface area contributed by atoms with Crippen LogP contribution in [0, 0.1) is 0 Å². The lowest BCUT2D eigenvalue weighted by Crippen LogP contribution is -2.50. The first-order valence-corrected chi connectivity index (χ1v) is 6.35. The van der Waals surface area contributed by atoms with Crippen LogP contribution in [0.4, 0.5) is 4.79 Å². The van der Waals surface area contributed by atoms with Crippen LogP contribution >= 0.6 is 0 Å². The third kappa shape index (κ3) is 2.48. The van der Waals surface area contributed by atoms with Crippen LogP contribution in [0.3, 0.4) is 0 Å². The maximum absolute atomic E-state index is 11.8. The van der Waals surface area contributed by atoms with Crippen LogP contribution in [-0.2, 0) is 4.74 Å². The smallest absolute Gasteiger partial charge is 0.410 e. The molecule has 0 aromatic heterocycles. The van der Waals surface area contributed by atoms with Gasteiger partial charge in [0.05, 0.1) is 0 Å². The predicted octanol–water partition coefficient (Wildman–Crippen LogP) is 1.91. The van der Waals surface area contributed by atoms with Crippen LogP contribution in [0.1, 0.15) is 44.9 Å². The number of aliphatic hydroxyl groups excluding tert-OH is 1. The Morgan fingerprint density at radius 3 is 2.62 bits per heavy atom. The van der Waals surface area contributed by atoms with E-state index in [1.807, 2.05) is 0 Å². The van der Waals surface area contributed by atoms with Crippen LogP contribution in [0.5, 0.6) is 0 Å². The number of carbonyl (C=O) groups is 1. The first-order chi connectivity index (χ1) is 7.76. The fourth-order valence-electron chi connectivity index (χ4n) is 2.74. The molecule has 16 heavy (non-hydrogen) atoms. The second kappa shape index (κ2) is 5.04. The predicted molar refractivity (Wildman–Crippen MR) is 60.2 cm³/mol. The zero-order valence-electron chi connectivity index (χ0n) is 9.78. The first-order valence-electron chi connectivity index (χ1n) is 6.35. The van der Waals surface area contributed by atoms with E-state index in [1.54, 1.807) is 4.90 Å². The van der Waals surface area contributed by atoms with Gasteiger partial charge in [0.1, 0.15) is 5.60 Å². The van der Waals surface area contributed by atoms with Gasteiger partial charge in [0.2, 0.25) is 0 Å². The molecule has 2 rings (SSSR count). The molecule has 1 heterocycles. The van der Waals surface area contributed by atoms with Crippen molar-refractivity contribution in [3.63, 3.8) is 0 Å². The molecule has 1 aliphatic heterocycles. The molecule has 1 aliphatic carbocycles. The fourth-order valence-corrected chi connectivity index (χ4v) is 2.74. The van der Waals surface area contributed by atoms with Gasteiger partial charge < -0.3 is 14.7 Å². The molecule has 0 bridgehead atoms. The van der Waals surface area contributed by atoms with Crippen molar-refractivity contribution >= 4 is 6.09 Å². The second-order valence-electron chi connectivity index (χ2n) is 4.93. The number of amides is 1. The van der Waals surface area contributed by atoms with Crippen molar-refractivity contribution in [1.29, 1.82) is 0 Å². The molecule has 4 heteroatoms. The van der Waals surface area contributed by atoms with Crippen LogP contribution in [-0.4, -0.2) is 41.4 Å². The number of hydrogen-bond donors (Lipinski definition) is 1. The maximum atomic E-state index is 11.8. The van der Waals surface area contributed by atoms with E-state index in [1.165, 1.54) is 19.3 Å². The van der Waals surface area contributed by atoms with Crippen molar-refractivity contribution in [2.75, 3.05) is 19.7 Å². The van der Waals surface area contributed by atoms with E-state index in [4.69, 9.17) is 9.84 Å². The van der Waals surface area contributed by atoms with Gasteiger partial charge in [0, 0.05) is 26.1 Å². The fraction of sp³-hybridized carbons (Fsp3) is 0.917. The molecule has 0 unspecified atom stereocenters. The molecule has 2 aliphatic rings. The van der Waals surface area contributed by atoms with E-state index in [-0.39, 0.29) is 18.3 Å². The van der Waals surface area contributed by atoms with E-state index in [0.717, 1.165) is 25.8 Å². The number of rotatable bonds is 3.